The van der Waals surface area contributed by atoms with Crippen LogP contribution in [0.1, 0.15) is 24.6 Å². The van der Waals surface area contributed by atoms with Crippen molar-refractivity contribution >= 4 is 21.4 Å². The van der Waals surface area contributed by atoms with Crippen LogP contribution in [0.5, 0.6) is 0 Å². The lowest BCUT2D eigenvalue weighted by atomic mass is 10.2. The number of hydrogen-bond donors (Lipinski definition) is 2. The Balaban J connectivity index is 2.24. The maximum absolute atomic E-state index is 12.2. The molecule has 0 aliphatic carbocycles. The fraction of sp³-hybridized carbons (Fsp3) is 0.200. The molecule has 7 heteroatoms. The lowest BCUT2D eigenvalue weighted by molar-refractivity contribution is 0.584. The summed E-state index contributed by atoms with van der Waals surface area (Å²) >= 11 is 0. The van der Waals surface area contributed by atoms with Gasteiger partial charge in [0, 0.05) is 0 Å². The van der Waals surface area contributed by atoms with E-state index in [9.17, 15) is 8.42 Å². The molecule has 0 saturated carbocycles. The zero-order valence-corrected chi connectivity index (χ0v) is 13.3. The molecule has 6 nitrogen and oxygen atoms in total. The van der Waals surface area contributed by atoms with Gasteiger partial charge in [0.05, 0.1) is 28.2 Å². The Bertz CT molecular complexity index is 766. The van der Waals surface area contributed by atoms with Gasteiger partial charge in [-0.15, -0.1) is 0 Å². The highest BCUT2D eigenvalue weighted by Gasteiger charge is 2.13. The third-order valence-electron chi connectivity index (χ3n) is 3.05. The van der Waals surface area contributed by atoms with Crippen LogP contribution in [0.25, 0.3) is 0 Å². The smallest absolute Gasteiger partial charge is 0.276 e. The van der Waals surface area contributed by atoms with E-state index in [0.717, 1.165) is 5.56 Å². The summed E-state index contributed by atoms with van der Waals surface area (Å²) in [4.78, 5) is 6.56. The number of aryl methyl sites for hydroxylation is 1. The highest BCUT2D eigenvalue weighted by molar-refractivity contribution is 7.89. The maximum atomic E-state index is 12.2. The molecule has 22 heavy (non-hydrogen) atoms. The number of rotatable bonds is 5. The van der Waals surface area contributed by atoms with Gasteiger partial charge in [-0.3, -0.25) is 4.98 Å². The molecule has 0 radical (unpaired) electrons. The van der Waals surface area contributed by atoms with Crippen LogP contribution in [0, 0.1) is 6.92 Å². The van der Waals surface area contributed by atoms with Gasteiger partial charge in [0.2, 0.25) is 0 Å². The van der Waals surface area contributed by atoms with Crippen LogP contribution in [-0.4, -0.2) is 19.1 Å². The van der Waals surface area contributed by atoms with Gasteiger partial charge in [-0.25, -0.2) is 0 Å². The number of nitrogens with one attached hydrogen (secondary N) is 1. The molecule has 1 aromatic carbocycles. The molecule has 0 aliphatic heterocycles. The minimum absolute atomic E-state index is 0.169. The van der Waals surface area contributed by atoms with Gasteiger partial charge in [0.1, 0.15) is 0 Å². The van der Waals surface area contributed by atoms with Crippen molar-refractivity contribution in [3.63, 3.8) is 0 Å². The van der Waals surface area contributed by atoms with Crippen LogP contribution < -0.4 is 10.6 Å². The Morgan fingerprint density at radius 3 is 2.45 bits per heavy atom. The summed E-state index contributed by atoms with van der Waals surface area (Å²) in [6.07, 6.45) is 2.04. The second-order valence-corrected chi connectivity index (χ2v) is 6.46. The molecule has 0 atom stereocenters. The van der Waals surface area contributed by atoms with Crippen molar-refractivity contribution in [1.82, 2.24) is 9.82 Å². The molecule has 2 aromatic rings. The third-order valence-corrected chi connectivity index (χ3v) is 4.27. The first-order valence-electron chi connectivity index (χ1n) is 6.79. The van der Waals surface area contributed by atoms with Gasteiger partial charge in [-0.2, -0.15) is 18.4 Å². The number of hydrogen-bond acceptors (Lipinski definition) is 5. The fourth-order valence-corrected chi connectivity index (χ4v) is 2.61. The van der Waals surface area contributed by atoms with Crippen molar-refractivity contribution in [3.05, 3.63) is 53.9 Å². The van der Waals surface area contributed by atoms with Crippen molar-refractivity contribution < 1.29 is 8.42 Å². The van der Waals surface area contributed by atoms with E-state index in [2.05, 4.69) is 14.9 Å². The molecule has 1 aromatic heterocycles. The van der Waals surface area contributed by atoms with Crippen LogP contribution in [-0.2, 0) is 10.0 Å². The lowest BCUT2D eigenvalue weighted by Gasteiger charge is -2.07. The van der Waals surface area contributed by atoms with Crippen LogP contribution in [0.15, 0.2) is 52.6 Å². The zero-order valence-electron chi connectivity index (χ0n) is 12.4. The summed E-state index contributed by atoms with van der Waals surface area (Å²) in [7, 11) is -3.69. The summed E-state index contributed by atoms with van der Waals surface area (Å²) in [5.41, 5.74) is 8.24. The third kappa shape index (κ3) is 3.82. The van der Waals surface area contributed by atoms with Crippen LogP contribution in [0.2, 0.25) is 0 Å². The monoisotopic (exact) mass is 318 g/mol. The molecule has 2 rings (SSSR count). The van der Waals surface area contributed by atoms with E-state index >= 15 is 0 Å². The molecular formula is C15H18N4O2S. The van der Waals surface area contributed by atoms with E-state index in [1.54, 1.807) is 36.4 Å². The summed E-state index contributed by atoms with van der Waals surface area (Å²) < 4.78 is 24.4. The van der Waals surface area contributed by atoms with Crippen LogP contribution in [0.4, 0.5) is 5.69 Å². The average Bonchev–Trinajstić information content (AvgIpc) is 2.50. The Kier molecular flexibility index (Phi) is 4.77. The Morgan fingerprint density at radius 2 is 1.91 bits per heavy atom. The number of benzene rings is 1. The number of anilines is 1. The number of nitrogen functional groups attached to an aromatic ring is 1. The fourth-order valence-electron chi connectivity index (χ4n) is 1.78. The predicted molar refractivity (Wildman–Crippen MR) is 87.0 cm³/mol. The van der Waals surface area contributed by atoms with Gasteiger partial charge in [-0.05, 0) is 37.6 Å². The Hall–Kier alpha value is -2.41. The standard InChI is InChI=1S/C15H18N4O2S/c1-3-14(15-9-6-12(16)10-17-15)18-19-22(20,21)13-7-4-11(2)5-8-13/h4-10,19H,3,16H2,1-2H3/b18-14-. The lowest BCUT2D eigenvalue weighted by Crippen LogP contribution is -2.20. The second kappa shape index (κ2) is 6.57. The van der Waals surface area contributed by atoms with Gasteiger partial charge in [-0.1, -0.05) is 24.6 Å². The number of hydrazone groups is 1. The van der Waals surface area contributed by atoms with E-state index in [4.69, 9.17) is 5.73 Å². The van der Waals surface area contributed by atoms with Gasteiger partial charge >= 0.3 is 0 Å². The number of pyridine rings is 1. The maximum Gasteiger partial charge on any atom is 0.276 e. The molecule has 1 heterocycles. The van der Waals surface area contributed by atoms with Gasteiger partial charge < -0.3 is 5.73 Å². The van der Waals surface area contributed by atoms with Crippen molar-refractivity contribution in [2.45, 2.75) is 25.2 Å². The molecular weight excluding hydrogens is 300 g/mol. The Morgan fingerprint density at radius 1 is 1.23 bits per heavy atom. The predicted octanol–water partition coefficient (Wildman–Crippen LogP) is 2.06. The van der Waals surface area contributed by atoms with E-state index in [1.807, 2.05) is 13.8 Å². The molecule has 0 aliphatic rings. The first-order valence-corrected chi connectivity index (χ1v) is 8.27. The van der Waals surface area contributed by atoms with Crippen LogP contribution in [0.3, 0.4) is 0 Å². The molecule has 0 spiro atoms. The SMILES string of the molecule is CC/C(=N/NS(=O)(=O)c1ccc(C)cc1)c1ccc(N)cn1. The number of sulfonamides is 1. The van der Waals surface area contributed by atoms with E-state index < -0.39 is 10.0 Å². The van der Waals surface area contributed by atoms with Crippen molar-refractivity contribution in [2.75, 3.05) is 5.73 Å². The van der Waals surface area contributed by atoms with E-state index in [1.165, 1.54) is 6.20 Å². The first kappa shape index (κ1) is 16.0. The largest absolute Gasteiger partial charge is 0.397 e. The quantitative estimate of drug-likeness (QED) is 0.651. The highest BCUT2D eigenvalue weighted by Crippen LogP contribution is 2.10. The van der Waals surface area contributed by atoms with Gasteiger partial charge in [0.25, 0.3) is 10.0 Å². The molecule has 0 bridgehead atoms. The van der Waals surface area contributed by atoms with E-state index in [-0.39, 0.29) is 4.90 Å². The minimum atomic E-state index is -3.69. The van der Waals surface area contributed by atoms with Gasteiger partial charge in [0.15, 0.2) is 0 Å². The number of nitrogens with two attached hydrogens (primary N) is 1. The Labute approximate surface area is 130 Å². The summed E-state index contributed by atoms with van der Waals surface area (Å²) in [6, 6.07) is 9.96. The minimum Gasteiger partial charge on any atom is -0.397 e. The molecule has 0 saturated heterocycles. The highest BCUT2D eigenvalue weighted by atomic mass is 32.2. The molecule has 3 N–H and O–H groups in total. The zero-order chi connectivity index (χ0) is 16.2. The van der Waals surface area contributed by atoms with Crippen molar-refractivity contribution in [2.24, 2.45) is 5.10 Å². The summed E-state index contributed by atoms with van der Waals surface area (Å²) in [6.45, 7) is 3.76. The topological polar surface area (TPSA) is 97.4 Å². The molecule has 0 unspecified atom stereocenters. The summed E-state index contributed by atoms with van der Waals surface area (Å²) in [5, 5.41) is 3.99. The average molecular weight is 318 g/mol. The number of aromatic nitrogens is 1. The van der Waals surface area contributed by atoms with Crippen molar-refractivity contribution in [3.8, 4) is 0 Å². The first-order chi connectivity index (χ1) is 10.4. The van der Waals surface area contributed by atoms with Crippen LogP contribution >= 0.6 is 0 Å². The van der Waals surface area contributed by atoms with E-state index in [0.29, 0.717) is 23.5 Å². The number of nitrogens with zero attached hydrogens (tertiary/aromatic N) is 2. The second-order valence-electron chi connectivity index (χ2n) is 4.80. The molecule has 116 valence electrons. The summed E-state index contributed by atoms with van der Waals surface area (Å²) in [5.74, 6) is 0. The molecule has 0 amide bonds. The normalized spacial score (nSPS) is 12.2. The van der Waals surface area contributed by atoms with Crippen molar-refractivity contribution in [1.29, 1.82) is 0 Å². The molecule has 0 fully saturated rings.